The van der Waals surface area contributed by atoms with Crippen molar-refractivity contribution >= 4 is 23.1 Å². The summed E-state index contributed by atoms with van der Waals surface area (Å²) < 4.78 is 11.0. The van der Waals surface area contributed by atoms with Gasteiger partial charge >= 0.3 is 5.97 Å². The summed E-state index contributed by atoms with van der Waals surface area (Å²) in [4.78, 5) is 28.0. The van der Waals surface area contributed by atoms with E-state index in [0.29, 0.717) is 17.6 Å². The van der Waals surface area contributed by atoms with E-state index in [1.807, 2.05) is 48.7 Å². The molecule has 0 saturated heterocycles. The molecule has 2 atom stereocenters. The van der Waals surface area contributed by atoms with Crippen molar-refractivity contribution < 1.29 is 19.1 Å². The highest BCUT2D eigenvalue weighted by atomic mass is 32.1. The molecule has 5 rings (SSSR count). The second-order valence-corrected chi connectivity index (χ2v) is 10.3. The van der Waals surface area contributed by atoms with Crippen molar-refractivity contribution in [3.8, 4) is 5.75 Å². The lowest BCUT2D eigenvalue weighted by atomic mass is 9.73. The number of dihydropyridines is 1. The number of benzene rings is 2. The summed E-state index contributed by atoms with van der Waals surface area (Å²) in [6.45, 7) is 4.11. The zero-order valence-corrected chi connectivity index (χ0v) is 21.5. The zero-order chi connectivity index (χ0) is 25.2. The highest BCUT2D eigenvalue weighted by molar-refractivity contribution is 7.10. The molecule has 0 saturated carbocycles. The average Bonchev–Trinajstić information content (AvgIpc) is 3.42. The highest BCUT2D eigenvalue weighted by Gasteiger charge is 2.41. The molecule has 0 bridgehead atoms. The van der Waals surface area contributed by atoms with Crippen LogP contribution in [0.25, 0.3) is 0 Å². The molecule has 2 aromatic carbocycles. The number of thiophene rings is 1. The van der Waals surface area contributed by atoms with E-state index in [0.717, 1.165) is 34.0 Å². The van der Waals surface area contributed by atoms with Gasteiger partial charge in [0.15, 0.2) is 5.78 Å². The molecule has 1 aliphatic heterocycles. The number of ether oxygens (including phenoxy) is 2. The van der Waals surface area contributed by atoms with Gasteiger partial charge < -0.3 is 14.8 Å². The van der Waals surface area contributed by atoms with E-state index in [9.17, 15) is 9.59 Å². The minimum Gasteiger partial charge on any atom is -0.497 e. The van der Waals surface area contributed by atoms with Gasteiger partial charge in [0.25, 0.3) is 0 Å². The minimum absolute atomic E-state index is 0.0840. The Labute approximate surface area is 215 Å². The fourth-order valence-corrected chi connectivity index (χ4v) is 5.92. The molecular weight excluding hydrogens is 470 g/mol. The topological polar surface area (TPSA) is 64.6 Å². The van der Waals surface area contributed by atoms with Crippen molar-refractivity contribution in [3.05, 3.63) is 110 Å². The smallest absolute Gasteiger partial charge is 0.337 e. The van der Waals surface area contributed by atoms with Crippen molar-refractivity contribution in [1.29, 1.82) is 0 Å². The highest BCUT2D eigenvalue weighted by Crippen LogP contribution is 2.46. The summed E-state index contributed by atoms with van der Waals surface area (Å²) in [6, 6.07) is 19.8. The third kappa shape index (κ3) is 4.73. The van der Waals surface area contributed by atoms with Crippen LogP contribution in [-0.2, 0) is 20.9 Å². The zero-order valence-electron chi connectivity index (χ0n) is 20.7. The van der Waals surface area contributed by atoms with Crippen LogP contribution in [0, 0.1) is 6.92 Å². The summed E-state index contributed by atoms with van der Waals surface area (Å²) in [5.41, 5.74) is 6.10. The van der Waals surface area contributed by atoms with Crippen molar-refractivity contribution in [3.63, 3.8) is 0 Å². The number of nitrogens with one attached hydrogen (secondary N) is 1. The maximum atomic E-state index is 13.6. The van der Waals surface area contributed by atoms with E-state index in [1.54, 1.807) is 18.4 Å². The number of esters is 1. The standard InChI is InChI=1S/C30H29NO4S/c1-18-6-10-21(11-7-18)22-15-24-28(25(32)16-22)29(26-5-4-14-36-26)27(19(2)31-24)30(33)35-17-20-8-12-23(34-3)13-9-20/h4-14,22,29,31H,15-17H2,1-3H3/t22-,29+/m1/s1. The van der Waals surface area contributed by atoms with Gasteiger partial charge in [-0.05, 0) is 60.9 Å². The Kier molecular flexibility index (Phi) is 6.79. The second kappa shape index (κ2) is 10.2. The van der Waals surface area contributed by atoms with Crippen LogP contribution in [-0.4, -0.2) is 18.9 Å². The predicted octanol–water partition coefficient (Wildman–Crippen LogP) is 6.17. The molecule has 5 nitrogen and oxygen atoms in total. The fourth-order valence-electron chi connectivity index (χ4n) is 5.07. The van der Waals surface area contributed by atoms with Crippen molar-refractivity contribution in [2.75, 3.05) is 7.11 Å². The van der Waals surface area contributed by atoms with Crippen LogP contribution in [0.3, 0.4) is 0 Å². The molecule has 1 aromatic heterocycles. The molecule has 0 fully saturated rings. The van der Waals surface area contributed by atoms with Gasteiger partial charge in [-0.25, -0.2) is 4.79 Å². The average molecular weight is 500 g/mol. The summed E-state index contributed by atoms with van der Waals surface area (Å²) in [6.07, 6.45) is 1.16. The monoisotopic (exact) mass is 499 g/mol. The first-order chi connectivity index (χ1) is 17.4. The van der Waals surface area contributed by atoms with Crippen LogP contribution in [0.1, 0.15) is 53.2 Å². The molecule has 1 aliphatic carbocycles. The maximum Gasteiger partial charge on any atom is 0.337 e. The van der Waals surface area contributed by atoms with Gasteiger partial charge in [0.1, 0.15) is 12.4 Å². The predicted molar refractivity (Wildman–Crippen MR) is 141 cm³/mol. The van der Waals surface area contributed by atoms with Crippen LogP contribution in [0.5, 0.6) is 5.75 Å². The number of rotatable bonds is 6. The summed E-state index contributed by atoms with van der Waals surface area (Å²) >= 11 is 1.56. The van der Waals surface area contributed by atoms with E-state index in [4.69, 9.17) is 9.47 Å². The number of hydrogen-bond donors (Lipinski definition) is 1. The molecule has 36 heavy (non-hydrogen) atoms. The van der Waals surface area contributed by atoms with Gasteiger partial charge in [0.05, 0.1) is 18.6 Å². The number of aryl methyl sites for hydroxylation is 1. The first-order valence-electron chi connectivity index (χ1n) is 12.1. The van der Waals surface area contributed by atoms with Gasteiger partial charge in [-0.3, -0.25) is 4.79 Å². The molecule has 0 spiro atoms. The number of methoxy groups -OCH3 is 1. The lowest BCUT2D eigenvalue weighted by molar-refractivity contribution is -0.140. The molecular formula is C30H29NO4S. The van der Waals surface area contributed by atoms with Gasteiger partial charge in [0.2, 0.25) is 0 Å². The molecule has 6 heteroatoms. The summed E-state index contributed by atoms with van der Waals surface area (Å²) in [5, 5.41) is 5.40. The minimum atomic E-state index is -0.420. The molecule has 184 valence electrons. The molecule has 1 N–H and O–H groups in total. The van der Waals surface area contributed by atoms with Crippen molar-refractivity contribution in [2.24, 2.45) is 0 Å². The van der Waals surface area contributed by atoms with E-state index >= 15 is 0 Å². The largest absolute Gasteiger partial charge is 0.497 e. The van der Waals surface area contributed by atoms with Gasteiger partial charge in [0, 0.05) is 28.3 Å². The number of allylic oxidation sites excluding steroid dienone is 3. The third-order valence-corrected chi connectivity index (χ3v) is 7.89. The van der Waals surface area contributed by atoms with Gasteiger partial charge in [-0.15, -0.1) is 11.3 Å². The van der Waals surface area contributed by atoms with Gasteiger partial charge in [-0.1, -0.05) is 48.0 Å². The summed E-state index contributed by atoms with van der Waals surface area (Å²) in [7, 11) is 1.61. The molecule has 0 amide bonds. The van der Waals surface area contributed by atoms with E-state index in [-0.39, 0.29) is 18.3 Å². The first kappa shape index (κ1) is 24.1. The van der Waals surface area contributed by atoms with Crippen molar-refractivity contribution in [1.82, 2.24) is 5.32 Å². The van der Waals surface area contributed by atoms with Crippen LogP contribution >= 0.6 is 11.3 Å². The number of carbonyl (C=O) groups is 2. The Morgan fingerprint density at radius 1 is 1.03 bits per heavy atom. The number of Topliss-reactive ketones (excluding diaryl/α,β-unsaturated/α-hetero) is 1. The number of ketones is 1. The lowest BCUT2D eigenvalue weighted by Gasteiger charge is -2.36. The fraction of sp³-hybridized carbons (Fsp3) is 0.267. The Morgan fingerprint density at radius 2 is 1.78 bits per heavy atom. The Morgan fingerprint density at radius 3 is 2.44 bits per heavy atom. The molecule has 0 radical (unpaired) electrons. The molecule has 2 aliphatic rings. The van der Waals surface area contributed by atoms with Gasteiger partial charge in [-0.2, -0.15) is 0 Å². The number of hydrogen-bond acceptors (Lipinski definition) is 6. The number of carbonyl (C=O) groups excluding carboxylic acids is 2. The first-order valence-corrected chi connectivity index (χ1v) is 13.0. The van der Waals surface area contributed by atoms with E-state index < -0.39 is 11.9 Å². The summed E-state index contributed by atoms with van der Waals surface area (Å²) in [5.74, 6) is 0.118. The second-order valence-electron chi connectivity index (χ2n) is 9.37. The van der Waals surface area contributed by atoms with E-state index in [2.05, 4.69) is 36.5 Å². The van der Waals surface area contributed by atoms with Crippen LogP contribution in [0.2, 0.25) is 0 Å². The quantitative estimate of drug-likeness (QED) is 0.411. The van der Waals surface area contributed by atoms with Crippen LogP contribution in [0.15, 0.2) is 88.6 Å². The molecule has 0 unspecified atom stereocenters. The third-order valence-electron chi connectivity index (χ3n) is 6.95. The Hall–Kier alpha value is -3.64. The Bertz CT molecular complexity index is 1330. The Balaban J connectivity index is 1.43. The molecule has 2 heterocycles. The van der Waals surface area contributed by atoms with Crippen LogP contribution in [0.4, 0.5) is 0 Å². The lowest BCUT2D eigenvalue weighted by Crippen LogP contribution is -2.35. The SMILES string of the molecule is COc1ccc(COC(=O)C2=C(C)NC3=C(C(=O)C[C@H](c4ccc(C)cc4)C3)[C@H]2c2cccs2)cc1. The van der Waals surface area contributed by atoms with Crippen molar-refractivity contribution in [2.45, 2.75) is 45.1 Å². The van der Waals surface area contributed by atoms with E-state index in [1.165, 1.54) is 11.1 Å². The molecule has 3 aromatic rings. The maximum absolute atomic E-state index is 13.6. The van der Waals surface area contributed by atoms with Crippen LogP contribution < -0.4 is 10.1 Å². The normalized spacial score (nSPS) is 19.6.